The third kappa shape index (κ3) is 3.18. The lowest BCUT2D eigenvalue weighted by molar-refractivity contribution is 0.823. The fourth-order valence-electron chi connectivity index (χ4n) is 0.279. The minimum atomic E-state index is -0.0918. The molecule has 0 radical (unpaired) electrons. The van der Waals surface area contributed by atoms with Gasteiger partial charge in [0, 0.05) is 13.3 Å². The first-order valence-electron chi connectivity index (χ1n) is 2.54. The molecule has 0 spiro atoms. The minimum Gasteiger partial charge on any atom is -0.370 e. The molecule has 10 heavy (non-hydrogen) atoms. The van der Waals surface area contributed by atoms with Crippen LogP contribution in [-0.2, 0) is 0 Å². The van der Waals surface area contributed by atoms with E-state index in [1.807, 2.05) is 6.26 Å². The summed E-state index contributed by atoms with van der Waals surface area (Å²) in [6.07, 6.45) is 1.83. The number of hydrogen-bond donors (Lipinski definition) is 3. The molecule has 0 atom stereocenters. The molecule has 0 unspecified atom stereocenters. The Morgan fingerprint density at radius 3 is 2.40 bits per heavy atom. The quantitative estimate of drug-likeness (QED) is 0.272. The number of nitrogens with two attached hydrogens (primary N) is 2. The third-order valence-electron chi connectivity index (χ3n) is 0.807. The predicted octanol–water partition coefficient (Wildman–Crippen LogP) is -0.596. The van der Waals surface area contributed by atoms with Gasteiger partial charge in [0.05, 0.1) is 0 Å². The van der Waals surface area contributed by atoms with Crippen molar-refractivity contribution in [2.45, 2.75) is 0 Å². The number of hydrogen-bond acceptors (Lipinski definition) is 2. The lowest BCUT2D eigenvalue weighted by Crippen LogP contribution is -2.27. The molecular weight excluding hydrogens is 150 g/mol. The van der Waals surface area contributed by atoms with Crippen LogP contribution < -0.4 is 11.5 Å². The van der Waals surface area contributed by atoms with Crippen molar-refractivity contribution in [3.63, 3.8) is 0 Å². The lowest BCUT2D eigenvalue weighted by atomic mass is 10.9. The molecule has 0 amide bonds. The molecule has 6 heteroatoms. The Bertz CT molecular complexity index is 150. The van der Waals surface area contributed by atoms with Crippen LogP contribution >= 0.6 is 11.9 Å². The second-order valence-corrected chi connectivity index (χ2v) is 2.45. The van der Waals surface area contributed by atoms with Crippen LogP contribution in [0.3, 0.4) is 0 Å². The van der Waals surface area contributed by atoms with Crippen LogP contribution in [0, 0.1) is 5.41 Å². The summed E-state index contributed by atoms with van der Waals surface area (Å²) in [5.41, 5.74) is 10.1. The summed E-state index contributed by atoms with van der Waals surface area (Å²) in [7, 11) is 1.71. The summed E-state index contributed by atoms with van der Waals surface area (Å²) < 4.78 is 1.54. The molecule has 0 saturated carbocycles. The molecule has 0 aromatic heterocycles. The number of guanidine groups is 2. The molecular formula is C4H11N5S. The summed E-state index contributed by atoms with van der Waals surface area (Å²) >= 11 is 1.37. The van der Waals surface area contributed by atoms with Crippen LogP contribution in [0.25, 0.3) is 0 Å². The second kappa shape index (κ2) is 3.99. The maximum absolute atomic E-state index is 7.18. The summed E-state index contributed by atoms with van der Waals surface area (Å²) in [6, 6.07) is 0. The van der Waals surface area contributed by atoms with Gasteiger partial charge in [-0.25, -0.2) is 0 Å². The predicted molar refractivity (Wildman–Crippen MR) is 44.8 cm³/mol. The SMILES string of the molecule is CSN(C)C(=N)N=C(N)N. The van der Waals surface area contributed by atoms with E-state index in [2.05, 4.69) is 4.99 Å². The van der Waals surface area contributed by atoms with Crippen LogP contribution in [0.15, 0.2) is 4.99 Å². The van der Waals surface area contributed by atoms with E-state index in [1.165, 1.54) is 11.9 Å². The van der Waals surface area contributed by atoms with Crippen molar-refractivity contribution in [3.8, 4) is 0 Å². The van der Waals surface area contributed by atoms with Crippen LogP contribution in [0.2, 0.25) is 0 Å². The largest absolute Gasteiger partial charge is 0.370 e. The number of aliphatic imine (C=N–C) groups is 1. The average Bonchev–Trinajstić information content (AvgIpc) is 1.85. The van der Waals surface area contributed by atoms with Gasteiger partial charge in [0.2, 0.25) is 5.96 Å². The van der Waals surface area contributed by atoms with Gasteiger partial charge in [0.15, 0.2) is 5.96 Å². The van der Waals surface area contributed by atoms with Crippen molar-refractivity contribution in [3.05, 3.63) is 0 Å². The molecule has 0 fully saturated rings. The van der Waals surface area contributed by atoms with Crippen LogP contribution in [-0.4, -0.2) is 29.5 Å². The van der Waals surface area contributed by atoms with Crippen LogP contribution in [0.4, 0.5) is 0 Å². The fraction of sp³-hybridized carbons (Fsp3) is 0.500. The molecule has 0 aromatic rings. The summed E-state index contributed by atoms with van der Waals surface area (Å²) in [5, 5.41) is 7.18. The normalized spacial score (nSPS) is 8.60. The zero-order valence-electron chi connectivity index (χ0n) is 5.96. The summed E-state index contributed by atoms with van der Waals surface area (Å²) in [6.45, 7) is 0. The molecule has 0 bridgehead atoms. The minimum absolute atomic E-state index is 0.0486. The van der Waals surface area contributed by atoms with E-state index in [0.717, 1.165) is 0 Å². The molecule has 0 aromatic carbocycles. The van der Waals surface area contributed by atoms with E-state index in [1.54, 1.807) is 11.4 Å². The number of nitrogens with one attached hydrogen (secondary N) is 1. The van der Waals surface area contributed by atoms with Gasteiger partial charge in [0.25, 0.3) is 0 Å². The summed E-state index contributed by atoms with van der Waals surface area (Å²) in [4.78, 5) is 3.51. The van der Waals surface area contributed by atoms with Crippen molar-refractivity contribution < 1.29 is 0 Å². The Balaban J connectivity index is 3.97. The van der Waals surface area contributed by atoms with Crippen LogP contribution in [0.5, 0.6) is 0 Å². The molecule has 0 aliphatic carbocycles. The highest BCUT2D eigenvalue weighted by Crippen LogP contribution is 2.00. The maximum Gasteiger partial charge on any atom is 0.230 e. The number of nitrogens with zero attached hydrogens (tertiary/aromatic N) is 2. The van der Waals surface area contributed by atoms with Gasteiger partial charge in [-0.05, 0) is 0 Å². The van der Waals surface area contributed by atoms with Crippen molar-refractivity contribution in [2.24, 2.45) is 16.5 Å². The molecule has 58 valence electrons. The molecule has 5 nitrogen and oxygen atoms in total. The lowest BCUT2D eigenvalue weighted by Gasteiger charge is -2.11. The molecule has 0 aliphatic heterocycles. The second-order valence-electron chi connectivity index (χ2n) is 1.54. The number of rotatable bonds is 1. The van der Waals surface area contributed by atoms with Gasteiger partial charge in [-0.1, -0.05) is 11.9 Å². The van der Waals surface area contributed by atoms with Gasteiger partial charge in [0.1, 0.15) is 0 Å². The standard InChI is InChI=1S/C4H11N5S/c1-9(10-2)4(7)8-3(5)6/h1-2H3,(H5,5,6,7,8). The van der Waals surface area contributed by atoms with Crippen molar-refractivity contribution >= 4 is 23.9 Å². The van der Waals surface area contributed by atoms with Gasteiger partial charge in [-0.2, -0.15) is 4.99 Å². The smallest absolute Gasteiger partial charge is 0.230 e. The zero-order chi connectivity index (χ0) is 8.15. The van der Waals surface area contributed by atoms with Crippen LogP contribution in [0.1, 0.15) is 0 Å². The highest BCUT2D eigenvalue weighted by Gasteiger charge is 1.98. The van der Waals surface area contributed by atoms with Gasteiger partial charge in [-0.15, -0.1) is 0 Å². The Kier molecular flexibility index (Phi) is 3.63. The van der Waals surface area contributed by atoms with Crippen molar-refractivity contribution in [2.75, 3.05) is 13.3 Å². The van der Waals surface area contributed by atoms with E-state index < -0.39 is 0 Å². The van der Waals surface area contributed by atoms with Gasteiger partial charge >= 0.3 is 0 Å². The Labute approximate surface area is 64.1 Å². The van der Waals surface area contributed by atoms with Crippen molar-refractivity contribution in [1.82, 2.24) is 4.31 Å². The molecule has 5 N–H and O–H groups in total. The maximum atomic E-state index is 7.18. The van der Waals surface area contributed by atoms with E-state index in [4.69, 9.17) is 16.9 Å². The molecule has 0 aliphatic rings. The Hall–Kier alpha value is -0.910. The molecule has 0 rings (SSSR count). The average molecular weight is 161 g/mol. The van der Waals surface area contributed by atoms with E-state index in [9.17, 15) is 0 Å². The van der Waals surface area contributed by atoms with Crippen molar-refractivity contribution in [1.29, 1.82) is 5.41 Å². The van der Waals surface area contributed by atoms with Gasteiger partial charge in [-0.3, -0.25) is 9.71 Å². The summed E-state index contributed by atoms with van der Waals surface area (Å²) in [5.74, 6) is -0.0431. The molecule has 0 saturated heterocycles. The first kappa shape index (κ1) is 9.09. The highest BCUT2D eigenvalue weighted by atomic mass is 32.2. The van der Waals surface area contributed by atoms with E-state index in [-0.39, 0.29) is 11.9 Å². The van der Waals surface area contributed by atoms with E-state index in [0.29, 0.717) is 0 Å². The Morgan fingerprint density at radius 1 is 1.60 bits per heavy atom. The first-order valence-corrected chi connectivity index (χ1v) is 3.72. The first-order chi connectivity index (χ1) is 4.57. The molecule has 0 heterocycles. The van der Waals surface area contributed by atoms with Gasteiger partial charge < -0.3 is 11.5 Å². The van der Waals surface area contributed by atoms with E-state index >= 15 is 0 Å². The third-order valence-corrected chi connectivity index (χ3v) is 1.53. The zero-order valence-corrected chi connectivity index (χ0v) is 6.77. The monoisotopic (exact) mass is 161 g/mol. The topological polar surface area (TPSA) is 91.5 Å². The fourth-order valence-corrected chi connectivity index (χ4v) is 0.493. The Morgan fingerprint density at radius 2 is 2.10 bits per heavy atom. The highest BCUT2D eigenvalue weighted by molar-refractivity contribution is 7.96.